The summed E-state index contributed by atoms with van der Waals surface area (Å²) in [6, 6.07) is 5.46. The number of hydrogen-bond donors (Lipinski definition) is 1. The smallest absolute Gasteiger partial charge is 0.254 e. The van der Waals surface area contributed by atoms with Crippen LogP contribution in [0.25, 0.3) is 0 Å². The molecule has 92 valence electrons. The summed E-state index contributed by atoms with van der Waals surface area (Å²) in [4.78, 5) is 14.2. The SMILES string of the molecule is Cc1c(N)cccc1C(=O)N1CCOC(C)C1. The van der Waals surface area contributed by atoms with E-state index in [0.29, 0.717) is 30.9 Å². The van der Waals surface area contributed by atoms with Crippen LogP contribution in [-0.4, -0.2) is 36.6 Å². The molecule has 1 unspecified atom stereocenters. The molecule has 2 rings (SSSR count). The molecule has 0 bridgehead atoms. The number of rotatable bonds is 1. The molecular formula is C13H18N2O2. The lowest BCUT2D eigenvalue weighted by molar-refractivity contribution is -0.0124. The monoisotopic (exact) mass is 234 g/mol. The summed E-state index contributed by atoms with van der Waals surface area (Å²) in [5.74, 6) is 0.0463. The lowest BCUT2D eigenvalue weighted by atomic mass is 10.1. The normalized spacial score (nSPS) is 20.4. The van der Waals surface area contributed by atoms with Crippen LogP contribution in [0.5, 0.6) is 0 Å². The van der Waals surface area contributed by atoms with Gasteiger partial charge in [-0.2, -0.15) is 0 Å². The highest BCUT2D eigenvalue weighted by Crippen LogP contribution is 2.18. The van der Waals surface area contributed by atoms with Crippen molar-refractivity contribution in [3.8, 4) is 0 Å². The zero-order chi connectivity index (χ0) is 12.4. The Morgan fingerprint density at radius 3 is 3.00 bits per heavy atom. The lowest BCUT2D eigenvalue weighted by Crippen LogP contribution is -2.44. The van der Waals surface area contributed by atoms with Crippen LogP contribution < -0.4 is 5.73 Å². The van der Waals surface area contributed by atoms with Crippen LogP contribution in [0.3, 0.4) is 0 Å². The maximum Gasteiger partial charge on any atom is 0.254 e. The van der Waals surface area contributed by atoms with E-state index in [1.54, 1.807) is 0 Å². The molecule has 1 atom stereocenters. The molecule has 0 aliphatic carbocycles. The Morgan fingerprint density at radius 2 is 2.29 bits per heavy atom. The number of nitrogens with zero attached hydrogens (tertiary/aromatic N) is 1. The third kappa shape index (κ3) is 2.42. The molecule has 4 heteroatoms. The van der Waals surface area contributed by atoms with E-state index in [4.69, 9.17) is 10.5 Å². The van der Waals surface area contributed by atoms with Gasteiger partial charge in [-0.3, -0.25) is 4.79 Å². The fourth-order valence-electron chi connectivity index (χ4n) is 2.06. The van der Waals surface area contributed by atoms with Crippen LogP contribution in [0.2, 0.25) is 0 Å². The Labute approximate surface area is 101 Å². The molecule has 1 amide bonds. The van der Waals surface area contributed by atoms with Crippen molar-refractivity contribution in [2.24, 2.45) is 0 Å². The number of nitrogens with two attached hydrogens (primary N) is 1. The highest BCUT2D eigenvalue weighted by atomic mass is 16.5. The Hall–Kier alpha value is -1.55. The van der Waals surface area contributed by atoms with Gasteiger partial charge in [0.25, 0.3) is 5.91 Å². The second-order valence-electron chi connectivity index (χ2n) is 4.45. The summed E-state index contributed by atoms with van der Waals surface area (Å²) in [5, 5.41) is 0. The fourth-order valence-corrected chi connectivity index (χ4v) is 2.06. The van der Waals surface area contributed by atoms with E-state index in [0.717, 1.165) is 5.56 Å². The second kappa shape index (κ2) is 4.75. The van der Waals surface area contributed by atoms with Gasteiger partial charge in [-0.1, -0.05) is 6.07 Å². The zero-order valence-corrected chi connectivity index (χ0v) is 10.3. The Morgan fingerprint density at radius 1 is 1.53 bits per heavy atom. The molecular weight excluding hydrogens is 216 g/mol. The summed E-state index contributed by atoms with van der Waals surface area (Å²) >= 11 is 0. The molecule has 0 saturated carbocycles. The van der Waals surface area contributed by atoms with Crippen LogP contribution in [0, 0.1) is 6.92 Å². The van der Waals surface area contributed by atoms with Gasteiger partial charge in [0.15, 0.2) is 0 Å². The number of hydrogen-bond acceptors (Lipinski definition) is 3. The average molecular weight is 234 g/mol. The minimum absolute atomic E-state index is 0.0463. The van der Waals surface area contributed by atoms with Crippen LogP contribution >= 0.6 is 0 Å². The van der Waals surface area contributed by atoms with E-state index >= 15 is 0 Å². The minimum Gasteiger partial charge on any atom is -0.398 e. The number of morpholine rings is 1. The van der Waals surface area contributed by atoms with Crippen LogP contribution in [-0.2, 0) is 4.74 Å². The number of carbonyl (C=O) groups is 1. The molecule has 4 nitrogen and oxygen atoms in total. The largest absolute Gasteiger partial charge is 0.398 e. The number of ether oxygens (including phenoxy) is 1. The van der Waals surface area contributed by atoms with Crippen molar-refractivity contribution in [2.75, 3.05) is 25.4 Å². The summed E-state index contributed by atoms with van der Waals surface area (Å²) < 4.78 is 5.43. The summed E-state index contributed by atoms with van der Waals surface area (Å²) in [5.41, 5.74) is 8.04. The quantitative estimate of drug-likeness (QED) is 0.748. The fraction of sp³-hybridized carbons (Fsp3) is 0.462. The van der Waals surface area contributed by atoms with Gasteiger partial charge in [0.05, 0.1) is 12.7 Å². The third-order valence-electron chi connectivity index (χ3n) is 3.13. The van der Waals surface area contributed by atoms with Gasteiger partial charge in [-0.15, -0.1) is 0 Å². The summed E-state index contributed by atoms with van der Waals surface area (Å²) in [6.07, 6.45) is 0.106. The summed E-state index contributed by atoms with van der Waals surface area (Å²) in [7, 11) is 0. The number of amides is 1. The average Bonchev–Trinajstić information content (AvgIpc) is 2.32. The number of carbonyl (C=O) groups excluding carboxylic acids is 1. The molecule has 1 saturated heterocycles. The molecule has 17 heavy (non-hydrogen) atoms. The van der Waals surface area contributed by atoms with Crippen molar-refractivity contribution in [1.82, 2.24) is 4.90 Å². The molecule has 1 aromatic rings. The van der Waals surface area contributed by atoms with Crippen molar-refractivity contribution < 1.29 is 9.53 Å². The van der Waals surface area contributed by atoms with E-state index in [2.05, 4.69) is 0 Å². The number of benzene rings is 1. The maximum atomic E-state index is 12.3. The van der Waals surface area contributed by atoms with E-state index < -0.39 is 0 Å². The van der Waals surface area contributed by atoms with Crippen molar-refractivity contribution in [3.63, 3.8) is 0 Å². The molecule has 1 aliphatic rings. The van der Waals surface area contributed by atoms with Crippen molar-refractivity contribution in [1.29, 1.82) is 0 Å². The predicted octanol–water partition coefficient (Wildman–Crippen LogP) is 1.44. The van der Waals surface area contributed by atoms with E-state index in [1.807, 2.05) is 36.9 Å². The Bertz CT molecular complexity index is 431. The van der Waals surface area contributed by atoms with Gasteiger partial charge < -0.3 is 15.4 Å². The van der Waals surface area contributed by atoms with Crippen LogP contribution in [0.4, 0.5) is 5.69 Å². The molecule has 0 radical (unpaired) electrons. The summed E-state index contributed by atoms with van der Waals surface area (Å²) in [6.45, 7) is 5.76. The first kappa shape index (κ1) is 11.9. The number of nitrogen functional groups attached to an aromatic ring is 1. The minimum atomic E-state index is 0.0463. The Balaban J connectivity index is 2.22. The van der Waals surface area contributed by atoms with Gasteiger partial charge in [0.1, 0.15) is 0 Å². The molecule has 0 spiro atoms. The van der Waals surface area contributed by atoms with Gasteiger partial charge in [0, 0.05) is 24.3 Å². The molecule has 0 aromatic heterocycles. The molecule has 2 N–H and O–H groups in total. The van der Waals surface area contributed by atoms with Gasteiger partial charge in [-0.25, -0.2) is 0 Å². The topological polar surface area (TPSA) is 55.6 Å². The first-order valence-corrected chi connectivity index (χ1v) is 5.85. The standard InChI is InChI=1S/C13H18N2O2/c1-9-8-15(6-7-17-9)13(16)11-4-3-5-12(14)10(11)2/h3-5,9H,6-8,14H2,1-2H3. The first-order valence-electron chi connectivity index (χ1n) is 5.85. The van der Waals surface area contributed by atoms with Crippen LogP contribution in [0.1, 0.15) is 22.8 Å². The van der Waals surface area contributed by atoms with E-state index in [9.17, 15) is 4.79 Å². The third-order valence-corrected chi connectivity index (χ3v) is 3.13. The molecule has 1 heterocycles. The highest BCUT2D eigenvalue weighted by Gasteiger charge is 2.23. The van der Waals surface area contributed by atoms with Gasteiger partial charge in [-0.05, 0) is 31.5 Å². The van der Waals surface area contributed by atoms with Crippen molar-refractivity contribution in [3.05, 3.63) is 29.3 Å². The molecule has 1 aromatic carbocycles. The number of anilines is 1. The van der Waals surface area contributed by atoms with Crippen molar-refractivity contribution in [2.45, 2.75) is 20.0 Å². The molecule has 1 fully saturated rings. The second-order valence-corrected chi connectivity index (χ2v) is 4.45. The zero-order valence-electron chi connectivity index (χ0n) is 10.3. The van der Waals surface area contributed by atoms with E-state index in [-0.39, 0.29) is 12.0 Å². The lowest BCUT2D eigenvalue weighted by Gasteiger charge is -2.31. The first-order chi connectivity index (χ1) is 8.09. The molecule has 1 aliphatic heterocycles. The highest BCUT2D eigenvalue weighted by molar-refractivity contribution is 5.97. The van der Waals surface area contributed by atoms with E-state index in [1.165, 1.54) is 0 Å². The van der Waals surface area contributed by atoms with Crippen LogP contribution in [0.15, 0.2) is 18.2 Å². The Kier molecular flexibility index (Phi) is 3.33. The predicted molar refractivity (Wildman–Crippen MR) is 66.9 cm³/mol. The van der Waals surface area contributed by atoms with Crippen molar-refractivity contribution >= 4 is 11.6 Å². The van der Waals surface area contributed by atoms with Gasteiger partial charge in [0.2, 0.25) is 0 Å². The van der Waals surface area contributed by atoms with Gasteiger partial charge >= 0.3 is 0 Å². The maximum absolute atomic E-state index is 12.3.